The van der Waals surface area contributed by atoms with Crippen LogP contribution in [0.2, 0.25) is 5.02 Å². The zero-order valence-electron chi connectivity index (χ0n) is 15.2. The topological polar surface area (TPSA) is 81.4 Å². The van der Waals surface area contributed by atoms with Crippen LogP contribution in [-0.2, 0) is 17.6 Å². The van der Waals surface area contributed by atoms with Gasteiger partial charge in [0.05, 0.1) is 5.56 Å². The largest absolute Gasteiger partial charge is 0.481 e. The summed E-state index contributed by atoms with van der Waals surface area (Å²) >= 11 is 7.41. The maximum atomic E-state index is 12.6. The van der Waals surface area contributed by atoms with Crippen LogP contribution in [0.25, 0.3) is 0 Å². The minimum absolute atomic E-state index is 0.327. The van der Waals surface area contributed by atoms with Gasteiger partial charge >= 0.3 is 0 Å². The van der Waals surface area contributed by atoms with Gasteiger partial charge in [-0.15, -0.1) is 11.3 Å². The van der Waals surface area contributed by atoms with Gasteiger partial charge in [0.15, 0.2) is 6.10 Å². The maximum absolute atomic E-state index is 12.6. The maximum Gasteiger partial charge on any atom is 0.265 e. The number of thiophene rings is 1. The number of carbonyl (C=O) groups is 2. The summed E-state index contributed by atoms with van der Waals surface area (Å²) in [5.74, 6) is -0.308. The number of nitrogens with two attached hydrogens (primary N) is 1. The molecule has 0 saturated carbocycles. The van der Waals surface area contributed by atoms with Crippen molar-refractivity contribution < 1.29 is 14.3 Å². The van der Waals surface area contributed by atoms with Crippen molar-refractivity contribution in [2.24, 2.45) is 5.73 Å². The number of anilines is 1. The second-order valence-corrected chi connectivity index (χ2v) is 8.23. The van der Waals surface area contributed by atoms with Crippen LogP contribution in [0.4, 0.5) is 5.00 Å². The first-order valence-electron chi connectivity index (χ1n) is 9.13. The first-order valence-corrected chi connectivity index (χ1v) is 10.3. The van der Waals surface area contributed by atoms with E-state index in [-0.39, 0.29) is 5.91 Å². The number of hydrogen-bond acceptors (Lipinski definition) is 4. The highest BCUT2D eigenvalue weighted by molar-refractivity contribution is 7.17. The van der Waals surface area contributed by atoms with Crippen molar-refractivity contribution in [1.82, 2.24) is 0 Å². The van der Waals surface area contributed by atoms with E-state index in [0.29, 0.717) is 21.3 Å². The molecule has 1 atom stereocenters. The van der Waals surface area contributed by atoms with Gasteiger partial charge in [-0.05, 0) is 56.4 Å². The predicted molar refractivity (Wildman–Crippen MR) is 109 cm³/mol. The van der Waals surface area contributed by atoms with Crippen LogP contribution in [0, 0.1) is 0 Å². The molecule has 0 unspecified atom stereocenters. The average Bonchev–Trinajstić information content (AvgIpc) is 2.91. The van der Waals surface area contributed by atoms with E-state index >= 15 is 0 Å². The minimum atomic E-state index is -0.742. The highest BCUT2D eigenvalue weighted by Gasteiger charge is 2.25. The van der Waals surface area contributed by atoms with Gasteiger partial charge < -0.3 is 15.8 Å². The molecule has 7 heteroatoms. The molecule has 3 N–H and O–H groups in total. The van der Waals surface area contributed by atoms with Crippen molar-refractivity contribution in [2.45, 2.75) is 51.6 Å². The lowest BCUT2D eigenvalue weighted by Crippen LogP contribution is -2.30. The molecule has 144 valence electrons. The molecule has 5 nitrogen and oxygen atoms in total. The summed E-state index contributed by atoms with van der Waals surface area (Å²) in [6.45, 7) is 1.66. The van der Waals surface area contributed by atoms with Gasteiger partial charge in [0.1, 0.15) is 10.8 Å². The fourth-order valence-corrected chi connectivity index (χ4v) is 4.76. The highest BCUT2D eigenvalue weighted by Crippen LogP contribution is 2.37. The van der Waals surface area contributed by atoms with Crippen molar-refractivity contribution >= 4 is 39.8 Å². The molecule has 1 heterocycles. The van der Waals surface area contributed by atoms with Crippen molar-refractivity contribution in [3.8, 4) is 5.75 Å². The van der Waals surface area contributed by atoms with E-state index in [1.165, 1.54) is 17.8 Å². The van der Waals surface area contributed by atoms with Crippen molar-refractivity contribution in [1.29, 1.82) is 0 Å². The number of aryl methyl sites for hydroxylation is 1. The van der Waals surface area contributed by atoms with Crippen molar-refractivity contribution in [2.75, 3.05) is 5.32 Å². The Bertz CT molecular complexity index is 850. The number of rotatable bonds is 5. The molecule has 1 aliphatic carbocycles. The van der Waals surface area contributed by atoms with Gasteiger partial charge in [-0.25, -0.2) is 0 Å². The van der Waals surface area contributed by atoms with Gasteiger partial charge in [-0.2, -0.15) is 0 Å². The van der Waals surface area contributed by atoms with Crippen LogP contribution in [0.5, 0.6) is 5.75 Å². The van der Waals surface area contributed by atoms with Gasteiger partial charge in [0.25, 0.3) is 11.8 Å². The number of benzene rings is 1. The quantitative estimate of drug-likeness (QED) is 0.763. The van der Waals surface area contributed by atoms with E-state index in [1.807, 2.05) is 0 Å². The molecule has 0 radical (unpaired) electrons. The molecule has 0 spiro atoms. The monoisotopic (exact) mass is 406 g/mol. The van der Waals surface area contributed by atoms with Crippen LogP contribution in [0.3, 0.4) is 0 Å². The van der Waals surface area contributed by atoms with Crippen LogP contribution in [0.1, 0.15) is 53.4 Å². The van der Waals surface area contributed by atoms with Gasteiger partial charge in [0, 0.05) is 9.90 Å². The Labute approximate surface area is 167 Å². The van der Waals surface area contributed by atoms with E-state index in [2.05, 4.69) is 5.32 Å². The Morgan fingerprint density at radius 2 is 1.96 bits per heavy atom. The number of nitrogens with one attached hydrogen (secondary N) is 1. The Kier molecular flexibility index (Phi) is 6.39. The van der Waals surface area contributed by atoms with Crippen LogP contribution < -0.4 is 15.8 Å². The molecule has 0 bridgehead atoms. The molecule has 1 aliphatic rings. The third-order valence-electron chi connectivity index (χ3n) is 4.63. The average molecular weight is 407 g/mol. The first-order chi connectivity index (χ1) is 13.0. The number of halogens is 1. The van der Waals surface area contributed by atoms with Crippen molar-refractivity contribution in [3.05, 3.63) is 45.3 Å². The zero-order valence-corrected chi connectivity index (χ0v) is 16.8. The van der Waals surface area contributed by atoms with Gasteiger partial charge in [0.2, 0.25) is 0 Å². The molecule has 1 aromatic carbocycles. The number of hydrogen-bond donors (Lipinski definition) is 2. The van der Waals surface area contributed by atoms with E-state index in [9.17, 15) is 9.59 Å². The smallest absolute Gasteiger partial charge is 0.265 e. The van der Waals surface area contributed by atoms with Crippen LogP contribution in [-0.4, -0.2) is 17.9 Å². The molecule has 0 aliphatic heterocycles. The first kappa shape index (κ1) is 19.7. The van der Waals surface area contributed by atoms with Gasteiger partial charge in [-0.3, -0.25) is 9.59 Å². The predicted octanol–water partition coefficient (Wildman–Crippen LogP) is 4.57. The van der Waals surface area contributed by atoms with Gasteiger partial charge in [-0.1, -0.05) is 30.5 Å². The molecule has 0 fully saturated rings. The molecule has 2 amide bonds. The standard InChI is InChI=1S/C20H23ClN2O3S/c1-12(26-14-8-6-7-13(21)11-14)19(25)23-20-17(18(22)24)15-9-4-2-3-5-10-16(15)27-20/h6-8,11-12H,2-5,9-10H2,1H3,(H2,22,24)(H,23,25)/t12-/m0/s1. The summed E-state index contributed by atoms with van der Waals surface area (Å²) in [4.78, 5) is 25.8. The second kappa shape index (κ2) is 8.76. The van der Waals surface area contributed by atoms with E-state index in [0.717, 1.165) is 42.5 Å². The lowest BCUT2D eigenvalue weighted by molar-refractivity contribution is -0.122. The Morgan fingerprint density at radius 3 is 2.67 bits per heavy atom. The molecule has 0 saturated heterocycles. The fraction of sp³-hybridized carbons (Fsp3) is 0.400. The normalized spacial score (nSPS) is 15.2. The fourth-order valence-electron chi connectivity index (χ4n) is 3.28. The lowest BCUT2D eigenvalue weighted by Gasteiger charge is -2.15. The molecule has 2 aromatic rings. The van der Waals surface area contributed by atoms with E-state index in [1.54, 1.807) is 31.2 Å². The summed E-state index contributed by atoms with van der Waals surface area (Å²) in [6.07, 6.45) is 5.47. The number of amides is 2. The number of primary amides is 1. The molecule has 27 heavy (non-hydrogen) atoms. The molecular weight excluding hydrogens is 384 g/mol. The third-order valence-corrected chi connectivity index (χ3v) is 6.07. The van der Waals surface area contributed by atoms with E-state index in [4.69, 9.17) is 22.1 Å². The second-order valence-electron chi connectivity index (χ2n) is 6.69. The molecule has 3 rings (SSSR count). The lowest BCUT2D eigenvalue weighted by atomic mass is 9.96. The summed E-state index contributed by atoms with van der Waals surface area (Å²) in [5, 5.41) is 3.91. The third kappa shape index (κ3) is 4.82. The number of ether oxygens (including phenoxy) is 1. The van der Waals surface area contributed by atoms with Crippen molar-refractivity contribution in [3.63, 3.8) is 0 Å². The van der Waals surface area contributed by atoms with E-state index < -0.39 is 12.0 Å². The van der Waals surface area contributed by atoms with Crippen LogP contribution in [0.15, 0.2) is 24.3 Å². The zero-order chi connectivity index (χ0) is 19.4. The minimum Gasteiger partial charge on any atom is -0.481 e. The number of fused-ring (bicyclic) bond motifs is 1. The summed E-state index contributed by atoms with van der Waals surface area (Å²) in [5.41, 5.74) is 7.10. The summed E-state index contributed by atoms with van der Waals surface area (Å²) < 4.78 is 5.66. The Balaban J connectivity index is 1.78. The highest BCUT2D eigenvalue weighted by atomic mass is 35.5. The summed E-state index contributed by atoms with van der Waals surface area (Å²) in [7, 11) is 0. The Hall–Kier alpha value is -2.05. The molecular formula is C20H23ClN2O3S. The SMILES string of the molecule is C[C@H](Oc1cccc(Cl)c1)C(=O)Nc1sc2c(c1C(N)=O)CCCCCC2. The Morgan fingerprint density at radius 1 is 1.22 bits per heavy atom. The molecule has 1 aromatic heterocycles. The van der Waals surface area contributed by atoms with Crippen LogP contribution >= 0.6 is 22.9 Å². The number of carbonyl (C=O) groups excluding carboxylic acids is 2. The summed E-state index contributed by atoms with van der Waals surface area (Å²) in [6, 6.07) is 6.88.